The fraction of sp³-hybridized carbons (Fsp3) is 0.421. The highest BCUT2D eigenvalue weighted by Crippen LogP contribution is 2.25. The highest BCUT2D eigenvalue weighted by Gasteiger charge is 2.27. The smallest absolute Gasteiger partial charge is 0.281 e. The molecule has 0 bridgehead atoms. The molecule has 1 fully saturated rings. The van der Waals surface area contributed by atoms with Gasteiger partial charge in [0, 0.05) is 25.1 Å². The van der Waals surface area contributed by atoms with E-state index in [4.69, 9.17) is 0 Å². The minimum absolute atomic E-state index is 0.00494. The molecule has 0 aliphatic carbocycles. The number of benzene rings is 1. The van der Waals surface area contributed by atoms with E-state index in [1.165, 1.54) is 18.2 Å². The number of H-pyrrole nitrogens is 1. The average Bonchev–Trinajstić information content (AvgIpc) is 3.12. The third kappa shape index (κ3) is 3.39. The summed E-state index contributed by atoms with van der Waals surface area (Å²) in [5.74, 6) is 0.0254. The van der Waals surface area contributed by atoms with E-state index in [1.54, 1.807) is 15.6 Å². The van der Waals surface area contributed by atoms with Crippen LogP contribution >= 0.6 is 0 Å². The summed E-state index contributed by atoms with van der Waals surface area (Å²) >= 11 is 0. The van der Waals surface area contributed by atoms with Crippen molar-refractivity contribution in [3.05, 3.63) is 51.8 Å². The first-order valence-electron chi connectivity index (χ1n) is 9.45. The topological polar surface area (TPSA) is 96.8 Å². The summed E-state index contributed by atoms with van der Waals surface area (Å²) in [4.78, 5) is 33.8. The highest BCUT2D eigenvalue weighted by molar-refractivity contribution is 5.94. The molecule has 2 aromatic heterocycles. The molecule has 0 atom stereocenters. The molecule has 146 valence electrons. The Bertz CT molecular complexity index is 1070. The fourth-order valence-electron chi connectivity index (χ4n) is 3.60. The normalized spacial score (nSPS) is 15.3. The number of nitrogens with zero attached hydrogens (tertiary/aromatic N) is 5. The van der Waals surface area contributed by atoms with Crippen molar-refractivity contribution in [2.45, 2.75) is 38.6 Å². The van der Waals surface area contributed by atoms with Crippen molar-refractivity contribution in [1.82, 2.24) is 29.9 Å². The summed E-state index contributed by atoms with van der Waals surface area (Å²) in [6.07, 6.45) is 2.88. The van der Waals surface area contributed by atoms with Gasteiger partial charge in [0.15, 0.2) is 11.2 Å². The van der Waals surface area contributed by atoms with E-state index in [1.807, 2.05) is 6.92 Å². The zero-order valence-electron chi connectivity index (χ0n) is 15.6. The minimum Gasteiger partial charge on any atom is -0.338 e. The van der Waals surface area contributed by atoms with E-state index in [9.17, 15) is 14.0 Å². The first kappa shape index (κ1) is 18.3. The van der Waals surface area contributed by atoms with Gasteiger partial charge in [0.1, 0.15) is 11.6 Å². The van der Waals surface area contributed by atoms with Gasteiger partial charge in [0.05, 0.1) is 6.04 Å². The number of hydrogen-bond acceptors (Lipinski definition) is 5. The number of aromatic nitrogens is 5. The van der Waals surface area contributed by atoms with E-state index >= 15 is 0 Å². The molecule has 1 saturated heterocycles. The lowest BCUT2D eigenvalue weighted by atomic mass is 10.0. The molecule has 1 N–H and O–H groups in total. The van der Waals surface area contributed by atoms with Crippen molar-refractivity contribution in [2.24, 2.45) is 0 Å². The number of likely N-dealkylation sites (tertiary alicyclic amines) is 1. The Morgan fingerprint density at radius 3 is 2.82 bits per heavy atom. The number of carbonyl (C=O) groups is 1. The SMILES string of the molecule is CCCc1nc2c(nnn2C2CCN(C(=O)c3cccc(F)c3)CC2)c(=O)[nH]1. The molecular weight excluding hydrogens is 363 g/mol. The van der Waals surface area contributed by atoms with Crippen LogP contribution in [0.15, 0.2) is 29.1 Å². The van der Waals surface area contributed by atoms with Crippen LogP contribution in [0.2, 0.25) is 0 Å². The predicted octanol–water partition coefficient (Wildman–Crippen LogP) is 2.08. The molecule has 0 unspecified atom stereocenters. The maximum Gasteiger partial charge on any atom is 0.281 e. The van der Waals surface area contributed by atoms with E-state index in [2.05, 4.69) is 20.3 Å². The van der Waals surface area contributed by atoms with E-state index in [-0.39, 0.29) is 23.0 Å². The van der Waals surface area contributed by atoms with Crippen LogP contribution < -0.4 is 5.56 Å². The number of hydrogen-bond donors (Lipinski definition) is 1. The first-order valence-corrected chi connectivity index (χ1v) is 9.45. The van der Waals surface area contributed by atoms with Crippen molar-refractivity contribution in [2.75, 3.05) is 13.1 Å². The summed E-state index contributed by atoms with van der Waals surface area (Å²) in [5, 5.41) is 8.14. The van der Waals surface area contributed by atoms with E-state index in [0.717, 1.165) is 6.42 Å². The Hall–Kier alpha value is -3.10. The van der Waals surface area contributed by atoms with Gasteiger partial charge in [-0.25, -0.2) is 14.1 Å². The molecule has 28 heavy (non-hydrogen) atoms. The first-order chi connectivity index (χ1) is 13.6. The number of fused-ring (bicyclic) bond motifs is 1. The number of aromatic amines is 1. The molecule has 3 heterocycles. The Morgan fingerprint density at radius 1 is 1.32 bits per heavy atom. The maximum absolute atomic E-state index is 13.4. The third-order valence-electron chi connectivity index (χ3n) is 5.04. The molecule has 3 aromatic rings. The fourth-order valence-corrected chi connectivity index (χ4v) is 3.60. The summed E-state index contributed by atoms with van der Waals surface area (Å²) in [5.41, 5.74) is 0.792. The molecular formula is C19H21FN6O2. The predicted molar refractivity (Wildman–Crippen MR) is 101 cm³/mol. The summed E-state index contributed by atoms with van der Waals surface area (Å²) in [7, 11) is 0. The highest BCUT2D eigenvalue weighted by atomic mass is 19.1. The van der Waals surface area contributed by atoms with Gasteiger partial charge in [0.25, 0.3) is 11.5 Å². The second kappa shape index (κ2) is 7.49. The van der Waals surface area contributed by atoms with Gasteiger partial charge >= 0.3 is 0 Å². The number of aryl methyl sites for hydroxylation is 1. The number of carbonyl (C=O) groups excluding carboxylic acids is 1. The largest absolute Gasteiger partial charge is 0.338 e. The third-order valence-corrected chi connectivity index (χ3v) is 5.04. The second-order valence-corrected chi connectivity index (χ2v) is 7.00. The van der Waals surface area contributed by atoms with Gasteiger partial charge < -0.3 is 9.88 Å². The molecule has 1 aliphatic rings. The second-order valence-electron chi connectivity index (χ2n) is 7.00. The standard InChI is InChI=1S/C19H21FN6O2/c1-2-4-15-21-17-16(18(27)22-15)23-24-26(17)14-7-9-25(10-8-14)19(28)12-5-3-6-13(20)11-12/h3,5-6,11,14H,2,4,7-10H2,1H3,(H,21,22,27). The van der Waals surface area contributed by atoms with Crippen molar-refractivity contribution in [3.63, 3.8) is 0 Å². The molecule has 1 amide bonds. The lowest BCUT2D eigenvalue weighted by Gasteiger charge is -2.32. The Labute approximate surface area is 160 Å². The molecule has 0 spiro atoms. The van der Waals surface area contributed by atoms with Crippen LogP contribution in [0, 0.1) is 5.82 Å². The van der Waals surface area contributed by atoms with Crippen LogP contribution in [-0.4, -0.2) is 48.9 Å². The Balaban J connectivity index is 1.52. The summed E-state index contributed by atoms with van der Waals surface area (Å²) in [6, 6.07) is 5.73. The van der Waals surface area contributed by atoms with Crippen LogP contribution in [0.5, 0.6) is 0 Å². The van der Waals surface area contributed by atoms with Gasteiger partial charge in [-0.1, -0.05) is 18.2 Å². The van der Waals surface area contributed by atoms with Crippen LogP contribution in [0.1, 0.15) is 48.4 Å². The number of rotatable bonds is 4. The summed E-state index contributed by atoms with van der Waals surface area (Å²) < 4.78 is 15.1. The van der Waals surface area contributed by atoms with Crippen LogP contribution in [0.25, 0.3) is 11.2 Å². The monoisotopic (exact) mass is 384 g/mol. The van der Waals surface area contributed by atoms with Gasteiger partial charge in [-0.05, 0) is 37.5 Å². The summed E-state index contributed by atoms with van der Waals surface area (Å²) in [6.45, 7) is 3.06. The Morgan fingerprint density at radius 2 is 2.11 bits per heavy atom. The lowest BCUT2D eigenvalue weighted by Crippen LogP contribution is -2.39. The van der Waals surface area contributed by atoms with Crippen molar-refractivity contribution >= 4 is 17.1 Å². The number of halogens is 1. The number of amides is 1. The van der Waals surface area contributed by atoms with Crippen molar-refractivity contribution in [1.29, 1.82) is 0 Å². The van der Waals surface area contributed by atoms with Gasteiger partial charge in [-0.15, -0.1) is 5.10 Å². The molecule has 1 aliphatic heterocycles. The van der Waals surface area contributed by atoms with E-state index in [0.29, 0.717) is 49.4 Å². The molecule has 1 aromatic carbocycles. The maximum atomic E-state index is 13.4. The zero-order chi connectivity index (χ0) is 19.7. The van der Waals surface area contributed by atoms with Gasteiger partial charge in [0.2, 0.25) is 0 Å². The minimum atomic E-state index is -0.422. The van der Waals surface area contributed by atoms with Crippen LogP contribution in [0.4, 0.5) is 4.39 Å². The van der Waals surface area contributed by atoms with Crippen LogP contribution in [0.3, 0.4) is 0 Å². The molecule has 0 radical (unpaired) electrons. The lowest BCUT2D eigenvalue weighted by molar-refractivity contribution is 0.0690. The zero-order valence-corrected chi connectivity index (χ0v) is 15.6. The van der Waals surface area contributed by atoms with Gasteiger partial charge in [-0.3, -0.25) is 9.59 Å². The number of nitrogens with one attached hydrogen (secondary N) is 1. The Kier molecular flexibility index (Phi) is 4.89. The molecule has 9 heteroatoms. The van der Waals surface area contributed by atoms with Crippen LogP contribution in [-0.2, 0) is 6.42 Å². The molecule has 4 rings (SSSR count). The average molecular weight is 384 g/mol. The molecule has 8 nitrogen and oxygen atoms in total. The van der Waals surface area contributed by atoms with E-state index < -0.39 is 5.82 Å². The van der Waals surface area contributed by atoms with Gasteiger partial charge in [-0.2, -0.15) is 0 Å². The van der Waals surface area contributed by atoms with Crippen molar-refractivity contribution in [3.8, 4) is 0 Å². The molecule has 0 saturated carbocycles. The van der Waals surface area contributed by atoms with Crippen molar-refractivity contribution < 1.29 is 9.18 Å². The number of piperidine rings is 1. The quantitative estimate of drug-likeness (QED) is 0.743.